The van der Waals surface area contributed by atoms with E-state index in [0.29, 0.717) is 28.1 Å². The Morgan fingerprint density at radius 2 is 1.67 bits per heavy atom. The lowest BCUT2D eigenvalue weighted by Crippen LogP contribution is -2.53. The molecule has 0 saturated carbocycles. The van der Waals surface area contributed by atoms with Gasteiger partial charge in [0.25, 0.3) is 5.91 Å². The highest BCUT2D eigenvalue weighted by molar-refractivity contribution is 9.10. The van der Waals surface area contributed by atoms with Gasteiger partial charge in [0.2, 0.25) is 5.91 Å². The molecule has 0 heterocycles. The molecule has 2 amide bonds. The third-order valence-corrected chi connectivity index (χ3v) is 7.94. The van der Waals surface area contributed by atoms with Crippen molar-refractivity contribution in [2.24, 2.45) is 0 Å². The SMILES string of the molecule is CC[C@@H](C)NC(=O)[C@@H](Cc1ccccc1)N(Cc1ccc(Cl)c(Cl)c1)C(=O)COc1ccc(C(C)C)cc1Br. The summed E-state index contributed by atoms with van der Waals surface area (Å²) >= 11 is 16.0. The van der Waals surface area contributed by atoms with Crippen LogP contribution >= 0.6 is 39.1 Å². The van der Waals surface area contributed by atoms with Gasteiger partial charge in [-0.2, -0.15) is 0 Å². The van der Waals surface area contributed by atoms with Crippen molar-refractivity contribution in [2.45, 2.75) is 65.1 Å². The second-order valence-electron chi connectivity index (χ2n) is 9.93. The van der Waals surface area contributed by atoms with E-state index in [1.807, 2.05) is 68.4 Å². The van der Waals surface area contributed by atoms with Crippen molar-refractivity contribution < 1.29 is 14.3 Å². The third-order valence-electron chi connectivity index (χ3n) is 6.58. The zero-order valence-corrected chi connectivity index (χ0v) is 25.8. The van der Waals surface area contributed by atoms with Crippen LogP contribution in [0.5, 0.6) is 5.75 Å². The van der Waals surface area contributed by atoms with Gasteiger partial charge in [-0.05, 0) is 76.1 Å². The van der Waals surface area contributed by atoms with Crippen LogP contribution in [0.4, 0.5) is 0 Å². The highest BCUT2D eigenvalue weighted by Gasteiger charge is 2.31. The van der Waals surface area contributed by atoms with E-state index in [1.54, 1.807) is 17.0 Å². The Morgan fingerprint density at radius 3 is 2.28 bits per heavy atom. The molecule has 5 nitrogen and oxygen atoms in total. The van der Waals surface area contributed by atoms with Gasteiger partial charge in [0.05, 0.1) is 14.5 Å². The van der Waals surface area contributed by atoms with Gasteiger partial charge in [-0.1, -0.05) is 86.4 Å². The number of hydrogen-bond acceptors (Lipinski definition) is 3. The molecule has 2 atom stereocenters. The fourth-order valence-electron chi connectivity index (χ4n) is 4.05. The van der Waals surface area contributed by atoms with E-state index in [9.17, 15) is 9.59 Å². The first-order valence-electron chi connectivity index (χ1n) is 13.1. The van der Waals surface area contributed by atoms with Crippen molar-refractivity contribution in [3.05, 3.63) is 97.9 Å². The minimum Gasteiger partial charge on any atom is -0.483 e. The first-order valence-corrected chi connectivity index (χ1v) is 14.6. The molecule has 0 aromatic heterocycles. The Hall–Kier alpha value is -2.54. The van der Waals surface area contributed by atoms with E-state index < -0.39 is 6.04 Å². The number of carbonyl (C=O) groups excluding carboxylic acids is 2. The lowest BCUT2D eigenvalue weighted by molar-refractivity contribution is -0.143. The summed E-state index contributed by atoms with van der Waals surface area (Å²) in [6.45, 7) is 8.12. The van der Waals surface area contributed by atoms with Crippen LogP contribution in [-0.4, -0.2) is 35.4 Å². The van der Waals surface area contributed by atoms with Crippen molar-refractivity contribution in [1.29, 1.82) is 0 Å². The van der Waals surface area contributed by atoms with Crippen LogP contribution in [0.15, 0.2) is 71.2 Å². The molecule has 0 unspecified atom stereocenters. The lowest BCUT2D eigenvalue weighted by Gasteiger charge is -2.32. The number of amides is 2. The summed E-state index contributed by atoms with van der Waals surface area (Å²) in [5.41, 5.74) is 2.86. The van der Waals surface area contributed by atoms with E-state index in [-0.39, 0.29) is 31.0 Å². The van der Waals surface area contributed by atoms with Crippen molar-refractivity contribution in [3.8, 4) is 5.75 Å². The molecule has 0 saturated heterocycles. The van der Waals surface area contributed by atoms with Gasteiger partial charge in [0.1, 0.15) is 11.8 Å². The van der Waals surface area contributed by atoms with Crippen molar-refractivity contribution in [3.63, 3.8) is 0 Å². The zero-order valence-electron chi connectivity index (χ0n) is 22.7. The van der Waals surface area contributed by atoms with Gasteiger partial charge in [-0.15, -0.1) is 0 Å². The minimum atomic E-state index is -0.765. The Morgan fingerprint density at radius 1 is 0.949 bits per heavy atom. The van der Waals surface area contributed by atoms with Gasteiger partial charge in [-0.25, -0.2) is 0 Å². The highest BCUT2D eigenvalue weighted by Crippen LogP contribution is 2.29. The molecular weight excluding hydrogens is 599 g/mol. The molecule has 208 valence electrons. The first kappa shape index (κ1) is 31.0. The van der Waals surface area contributed by atoms with Crippen molar-refractivity contribution in [2.75, 3.05) is 6.61 Å². The van der Waals surface area contributed by atoms with E-state index >= 15 is 0 Å². The Labute approximate surface area is 250 Å². The summed E-state index contributed by atoms with van der Waals surface area (Å²) in [6, 6.07) is 19.9. The highest BCUT2D eigenvalue weighted by atomic mass is 79.9. The molecule has 3 rings (SSSR count). The number of ether oxygens (including phenoxy) is 1. The topological polar surface area (TPSA) is 58.6 Å². The Bertz CT molecular complexity index is 1270. The number of carbonyl (C=O) groups is 2. The van der Waals surface area contributed by atoms with Crippen LogP contribution in [0.3, 0.4) is 0 Å². The number of benzene rings is 3. The summed E-state index contributed by atoms with van der Waals surface area (Å²) in [7, 11) is 0. The van der Waals surface area contributed by atoms with Crippen molar-refractivity contribution in [1.82, 2.24) is 10.2 Å². The molecule has 0 aliphatic rings. The zero-order chi connectivity index (χ0) is 28.5. The summed E-state index contributed by atoms with van der Waals surface area (Å²) in [5, 5.41) is 3.87. The molecular formula is C31H35BrCl2N2O3. The van der Waals surface area contributed by atoms with Crippen LogP contribution in [-0.2, 0) is 22.6 Å². The molecule has 0 aliphatic carbocycles. The molecule has 1 N–H and O–H groups in total. The second kappa shape index (κ2) is 14.7. The third kappa shape index (κ3) is 8.99. The van der Waals surface area contributed by atoms with E-state index in [0.717, 1.165) is 27.6 Å². The number of hydrogen-bond donors (Lipinski definition) is 1. The largest absolute Gasteiger partial charge is 0.483 e. The molecule has 0 fully saturated rings. The van der Waals surface area contributed by atoms with Gasteiger partial charge in [-0.3, -0.25) is 9.59 Å². The summed E-state index contributed by atoms with van der Waals surface area (Å²) in [4.78, 5) is 29.0. The minimum absolute atomic E-state index is 0.0376. The maximum atomic E-state index is 13.8. The average molecular weight is 634 g/mol. The Balaban J connectivity index is 1.94. The van der Waals surface area contributed by atoms with Gasteiger partial charge in [0.15, 0.2) is 6.61 Å². The predicted molar refractivity (Wildman–Crippen MR) is 163 cm³/mol. The first-order chi connectivity index (χ1) is 18.6. The fourth-order valence-corrected chi connectivity index (χ4v) is 4.88. The van der Waals surface area contributed by atoms with Gasteiger partial charge < -0.3 is 15.0 Å². The predicted octanol–water partition coefficient (Wildman–Crippen LogP) is 7.81. The monoisotopic (exact) mass is 632 g/mol. The summed E-state index contributed by atoms with van der Waals surface area (Å²) < 4.78 is 6.73. The average Bonchev–Trinajstić information content (AvgIpc) is 2.92. The van der Waals surface area contributed by atoms with Crippen LogP contribution in [0, 0.1) is 0 Å². The summed E-state index contributed by atoms with van der Waals surface area (Å²) in [6.07, 6.45) is 1.12. The van der Waals surface area contributed by atoms with Gasteiger partial charge >= 0.3 is 0 Å². The molecule has 3 aromatic rings. The van der Waals surface area contributed by atoms with E-state index in [4.69, 9.17) is 27.9 Å². The summed E-state index contributed by atoms with van der Waals surface area (Å²) in [5.74, 6) is 0.387. The number of halogens is 3. The van der Waals surface area contributed by atoms with Gasteiger partial charge in [0, 0.05) is 19.0 Å². The molecule has 0 aliphatic heterocycles. The maximum Gasteiger partial charge on any atom is 0.261 e. The van der Waals surface area contributed by atoms with Crippen molar-refractivity contribution >= 4 is 50.9 Å². The van der Waals surface area contributed by atoms with E-state index in [2.05, 4.69) is 35.1 Å². The maximum absolute atomic E-state index is 13.8. The molecule has 0 bridgehead atoms. The smallest absolute Gasteiger partial charge is 0.261 e. The fraction of sp³-hybridized carbons (Fsp3) is 0.355. The molecule has 8 heteroatoms. The number of rotatable bonds is 12. The standard InChI is InChI=1S/C31H35BrCl2N2O3/c1-5-21(4)35-31(38)28(16-22-9-7-6-8-10-22)36(18-23-11-13-26(33)27(34)15-23)30(37)19-39-29-14-12-24(20(2)3)17-25(29)32/h6-15,17,20-21,28H,5,16,18-19H2,1-4H3,(H,35,38)/t21-,28-/m1/s1. The quantitative estimate of drug-likeness (QED) is 0.221. The molecule has 0 radical (unpaired) electrons. The molecule has 39 heavy (non-hydrogen) atoms. The molecule has 0 spiro atoms. The lowest BCUT2D eigenvalue weighted by atomic mass is 10.0. The molecule has 3 aromatic carbocycles. The normalized spacial score (nSPS) is 12.6. The van der Waals surface area contributed by atoms with Crippen LogP contribution in [0.25, 0.3) is 0 Å². The van der Waals surface area contributed by atoms with E-state index in [1.165, 1.54) is 0 Å². The number of nitrogens with one attached hydrogen (secondary N) is 1. The van der Waals surface area contributed by atoms with Crippen LogP contribution < -0.4 is 10.1 Å². The number of nitrogens with zero attached hydrogens (tertiary/aromatic N) is 1. The Kier molecular flexibility index (Phi) is 11.7. The van der Waals surface area contributed by atoms with Crippen LogP contribution in [0.2, 0.25) is 10.0 Å². The second-order valence-corrected chi connectivity index (χ2v) is 11.6. The van der Waals surface area contributed by atoms with Crippen LogP contribution in [0.1, 0.15) is 56.7 Å².